The standard InChI is InChI=1S/2C4H9.C3H9N3Si.Sn.2H/c2*1-3-4-2;1-7(2,3)6-5-4;;;/h2*1,3-4H2,2H3;1-3H3;;;. The minimum atomic E-state index is -1.45. The number of hydrogen-bond acceptors (Lipinski definition) is 1. The largest absolute Gasteiger partial charge is 0.146 e. The van der Waals surface area contributed by atoms with E-state index in [0.717, 1.165) is 0 Å². The summed E-state index contributed by atoms with van der Waals surface area (Å²) in [4.78, 5) is 2.69. The van der Waals surface area contributed by atoms with Crippen molar-refractivity contribution < 1.29 is 0 Å². The van der Waals surface area contributed by atoms with Gasteiger partial charge < -0.3 is 0 Å². The Balaban J connectivity index is 0. The molecule has 0 aliphatic heterocycles. The van der Waals surface area contributed by atoms with Gasteiger partial charge in [-0.25, -0.2) is 0 Å². The van der Waals surface area contributed by atoms with E-state index < -0.39 is 8.24 Å². The second-order valence-corrected chi connectivity index (χ2v) is 15.7. The van der Waals surface area contributed by atoms with Crippen LogP contribution >= 0.6 is 0 Å². The van der Waals surface area contributed by atoms with Crippen molar-refractivity contribution >= 4 is 29.4 Å². The Morgan fingerprint density at radius 3 is 1.69 bits per heavy atom. The van der Waals surface area contributed by atoms with Crippen molar-refractivity contribution in [2.24, 2.45) is 4.78 Å². The molecular weight excluding hydrogens is 321 g/mol. The SMILES string of the molecule is CCC[CH2][SnH2][CH2]CCC.C[Si](C)(C)N=[N+]=[N-]. The minimum absolute atomic E-state index is 0.159. The maximum Gasteiger partial charge on any atom is 0.146 e. The molecule has 0 fully saturated rings. The van der Waals surface area contributed by atoms with Crippen molar-refractivity contribution in [2.75, 3.05) is 0 Å². The average molecular weight is 350 g/mol. The molecule has 16 heavy (non-hydrogen) atoms. The van der Waals surface area contributed by atoms with Gasteiger partial charge in [-0.15, -0.1) is 4.78 Å². The summed E-state index contributed by atoms with van der Waals surface area (Å²) in [7, 11) is -1.45. The van der Waals surface area contributed by atoms with Crippen LogP contribution in [0.25, 0.3) is 10.4 Å². The summed E-state index contributed by atoms with van der Waals surface area (Å²) in [6, 6.07) is 0. The van der Waals surface area contributed by atoms with Crippen LogP contribution in [0.5, 0.6) is 0 Å². The molecule has 96 valence electrons. The van der Waals surface area contributed by atoms with Crippen LogP contribution in [0.2, 0.25) is 28.5 Å². The van der Waals surface area contributed by atoms with Crippen LogP contribution in [-0.2, 0) is 0 Å². The molecule has 0 radical (unpaired) electrons. The van der Waals surface area contributed by atoms with Gasteiger partial charge in [0.15, 0.2) is 0 Å². The first kappa shape index (κ1) is 18.7. The van der Waals surface area contributed by atoms with Crippen LogP contribution < -0.4 is 0 Å². The fraction of sp³-hybridized carbons (Fsp3) is 1.00. The molecule has 0 aliphatic carbocycles. The van der Waals surface area contributed by atoms with Crippen LogP contribution in [-0.4, -0.2) is 29.4 Å². The van der Waals surface area contributed by atoms with Gasteiger partial charge in [0, 0.05) is 0 Å². The van der Waals surface area contributed by atoms with Crippen molar-refractivity contribution in [1.82, 2.24) is 0 Å². The predicted octanol–water partition coefficient (Wildman–Crippen LogP) is 4.72. The molecular formula is C11H29N3SiSn. The molecule has 0 saturated heterocycles. The Kier molecular flexibility index (Phi) is 15.6. The van der Waals surface area contributed by atoms with Crippen molar-refractivity contribution in [1.29, 1.82) is 0 Å². The zero-order valence-corrected chi connectivity index (χ0v) is 16.8. The minimum Gasteiger partial charge on any atom is -0.125 e. The summed E-state index contributed by atoms with van der Waals surface area (Å²) in [5, 5.41) is 0. The van der Waals surface area contributed by atoms with Gasteiger partial charge in [0.05, 0.1) is 0 Å². The third-order valence-corrected chi connectivity index (χ3v) is 8.45. The Hall–Kier alpha value is 0.326. The smallest absolute Gasteiger partial charge is 0.125 e. The molecule has 0 aliphatic rings. The molecule has 0 rings (SSSR count). The summed E-state index contributed by atoms with van der Waals surface area (Å²) in [6.07, 6.45) is 5.89. The first-order valence-electron chi connectivity index (χ1n) is 6.54. The zero-order valence-electron chi connectivity index (χ0n) is 11.8. The molecule has 0 heterocycles. The normalized spacial score (nSPS) is 10.1. The summed E-state index contributed by atoms with van der Waals surface area (Å²) in [5.41, 5.74) is 7.89. The van der Waals surface area contributed by atoms with E-state index in [9.17, 15) is 0 Å². The first-order chi connectivity index (χ1) is 7.47. The Morgan fingerprint density at radius 2 is 1.50 bits per heavy atom. The van der Waals surface area contributed by atoms with Gasteiger partial charge in [-0.05, 0) is 10.4 Å². The van der Waals surface area contributed by atoms with E-state index in [-0.39, 0.29) is 21.1 Å². The molecule has 0 spiro atoms. The second kappa shape index (κ2) is 13.4. The van der Waals surface area contributed by atoms with Gasteiger partial charge in [0.2, 0.25) is 0 Å². The summed E-state index contributed by atoms with van der Waals surface area (Å²) >= 11 is -0.159. The van der Waals surface area contributed by atoms with E-state index in [4.69, 9.17) is 5.53 Å². The van der Waals surface area contributed by atoms with Crippen LogP contribution in [0.3, 0.4) is 0 Å². The fourth-order valence-electron chi connectivity index (χ4n) is 1.16. The quantitative estimate of drug-likeness (QED) is 0.210. The van der Waals surface area contributed by atoms with Gasteiger partial charge in [-0.2, -0.15) is 0 Å². The van der Waals surface area contributed by atoms with E-state index in [1.54, 1.807) is 8.87 Å². The van der Waals surface area contributed by atoms with Crippen molar-refractivity contribution in [3.8, 4) is 0 Å². The number of rotatable bonds is 7. The van der Waals surface area contributed by atoms with Crippen LogP contribution in [0, 0.1) is 0 Å². The third kappa shape index (κ3) is 23.9. The van der Waals surface area contributed by atoms with Gasteiger partial charge >= 0.3 is 69.5 Å². The van der Waals surface area contributed by atoms with E-state index in [0.29, 0.717) is 0 Å². The van der Waals surface area contributed by atoms with Gasteiger partial charge in [-0.3, -0.25) is 0 Å². The molecule has 0 atom stereocenters. The second-order valence-electron chi connectivity index (χ2n) is 5.13. The first-order valence-corrected chi connectivity index (χ1v) is 15.7. The van der Waals surface area contributed by atoms with Gasteiger partial charge in [0.25, 0.3) is 0 Å². The topological polar surface area (TPSA) is 48.8 Å². The number of nitrogens with zero attached hydrogens (tertiary/aromatic N) is 3. The molecule has 0 bridgehead atoms. The molecule has 5 heteroatoms. The van der Waals surface area contributed by atoms with E-state index >= 15 is 0 Å². The van der Waals surface area contributed by atoms with Crippen molar-refractivity contribution in [3.63, 3.8) is 0 Å². The van der Waals surface area contributed by atoms with Gasteiger partial charge in [-0.1, -0.05) is 19.6 Å². The van der Waals surface area contributed by atoms with Crippen LogP contribution in [0.4, 0.5) is 0 Å². The molecule has 0 saturated carbocycles. The van der Waals surface area contributed by atoms with Crippen LogP contribution in [0.1, 0.15) is 39.5 Å². The summed E-state index contributed by atoms with van der Waals surface area (Å²) in [5.74, 6) is 0. The summed E-state index contributed by atoms with van der Waals surface area (Å²) in [6.45, 7) is 10.6. The number of azide groups is 1. The van der Waals surface area contributed by atoms with Crippen LogP contribution in [0.15, 0.2) is 4.78 Å². The van der Waals surface area contributed by atoms with Crippen molar-refractivity contribution in [3.05, 3.63) is 10.4 Å². The molecule has 0 aromatic rings. The van der Waals surface area contributed by atoms with E-state index in [2.05, 4.69) is 23.5 Å². The maximum absolute atomic E-state index is 7.89. The summed E-state index contributed by atoms with van der Waals surface area (Å²) < 4.78 is 6.91. The molecule has 0 unspecified atom stereocenters. The van der Waals surface area contributed by atoms with E-state index in [1.807, 2.05) is 19.6 Å². The number of hydrogen-bond donors (Lipinski definition) is 0. The Labute approximate surface area is 112 Å². The van der Waals surface area contributed by atoms with Gasteiger partial charge in [0.1, 0.15) is 8.24 Å². The Bertz CT molecular complexity index is 180. The molecule has 0 amide bonds. The molecule has 0 aromatic heterocycles. The average Bonchev–Trinajstić information content (AvgIpc) is 2.17. The molecule has 0 N–H and O–H groups in total. The number of unbranched alkanes of at least 4 members (excludes halogenated alkanes) is 2. The molecule has 3 nitrogen and oxygen atoms in total. The van der Waals surface area contributed by atoms with Crippen molar-refractivity contribution in [2.45, 2.75) is 68.0 Å². The third-order valence-electron chi connectivity index (χ3n) is 2.05. The van der Waals surface area contributed by atoms with E-state index in [1.165, 1.54) is 25.7 Å². The monoisotopic (exact) mass is 351 g/mol. The maximum atomic E-state index is 7.89. The molecule has 0 aromatic carbocycles. The fourth-order valence-corrected chi connectivity index (χ4v) is 7.31. The Morgan fingerprint density at radius 1 is 1.06 bits per heavy atom. The zero-order chi connectivity index (χ0) is 12.9. The predicted molar refractivity (Wildman–Crippen MR) is 80.5 cm³/mol.